The number of rotatable bonds is 4. The monoisotopic (exact) mass is 280 g/mol. The molecule has 1 aromatic carbocycles. The number of aromatic hydroxyl groups is 1. The lowest BCUT2D eigenvalue weighted by Crippen LogP contribution is -2.42. The fourth-order valence-corrected chi connectivity index (χ4v) is 2.49. The third-order valence-electron chi connectivity index (χ3n) is 3.85. The summed E-state index contributed by atoms with van der Waals surface area (Å²) in [5, 5.41) is 19.6. The third kappa shape index (κ3) is 1.97. The van der Waals surface area contributed by atoms with Crippen molar-refractivity contribution < 1.29 is 29.3 Å². The molecule has 1 aliphatic rings. The molecule has 0 bridgehead atoms. The van der Waals surface area contributed by atoms with Crippen molar-refractivity contribution in [2.24, 2.45) is 0 Å². The molecule has 0 heterocycles. The summed E-state index contributed by atoms with van der Waals surface area (Å²) in [6, 6.07) is 2.70. The van der Waals surface area contributed by atoms with Crippen molar-refractivity contribution in [1.82, 2.24) is 0 Å². The number of phenols is 1. The Balaban J connectivity index is 2.62. The molecule has 0 saturated heterocycles. The van der Waals surface area contributed by atoms with Crippen molar-refractivity contribution in [2.75, 3.05) is 14.2 Å². The van der Waals surface area contributed by atoms with E-state index in [1.165, 1.54) is 26.4 Å². The summed E-state index contributed by atoms with van der Waals surface area (Å²) in [7, 11) is 2.58. The molecule has 1 aliphatic carbocycles. The molecule has 6 nitrogen and oxygen atoms in total. The van der Waals surface area contributed by atoms with Gasteiger partial charge in [0, 0.05) is 5.56 Å². The summed E-state index contributed by atoms with van der Waals surface area (Å²) in [5.41, 5.74) is -0.790. The highest BCUT2D eigenvalue weighted by molar-refractivity contribution is 5.92. The Labute approximate surface area is 115 Å². The summed E-state index contributed by atoms with van der Waals surface area (Å²) < 4.78 is 9.65. The van der Waals surface area contributed by atoms with Crippen molar-refractivity contribution in [1.29, 1.82) is 0 Å². The predicted molar refractivity (Wildman–Crippen MR) is 69.2 cm³/mol. The first-order chi connectivity index (χ1) is 9.46. The number of phenolic OH excluding ortho intramolecular Hbond substituents is 1. The maximum absolute atomic E-state index is 11.6. The zero-order valence-electron chi connectivity index (χ0n) is 11.3. The number of carboxylic acid groups (broad SMARTS) is 1. The van der Waals surface area contributed by atoms with E-state index >= 15 is 0 Å². The Bertz CT molecular complexity index is 559. The fourth-order valence-electron chi connectivity index (χ4n) is 2.49. The van der Waals surface area contributed by atoms with Crippen molar-refractivity contribution in [3.63, 3.8) is 0 Å². The van der Waals surface area contributed by atoms with Crippen LogP contribution in [0.3, 0.4) is 0 Å². The quantitative estimate of drug-likeness (QED) is 0.815. The fraction of sp³-hybridized carbons (Fsp3) is 0.429. The van der Waals surface area contributed by atoms with E-state index in [0.717, 1.165) is 6.42 Å². The molecule has 1 saturated carbocycles. The third-order valence-corrected chi connectivity index (χ3v) is 3.85. The van der Waals surface area contributed by atoms with Crippen LogP contribution in [-0.2, 0) is 14.9 Å². The second kappa shape index (κ2) is 5.03. The van der Waals surface area contributed by atoms with Crippen LogP contribution < -0.4 is 4.74 Å². The number of hydrogen-bond donors (Lipinski definition) is 2. The minimum atomic E-state index is -1.15. The summed E-state index contributed by atoms with van der Waals surface area (Å²) in [6.07, 6.45) is 1.60. The number of aliphatic carboxylic acids is 1. The van der Waals surface area contributed by atoms with Gasteiger partial charge < -0.3 is 19.7 Å². The van der Waals surface area contributed by atoms with Crippen LogP contribution in [0.5, 0.6) is 11.5 Å². The lowest BCUT2D eigenvalue weighted by Gasteiger charge is -2.38. The van der Waals surface area contributed by atoms with Crippen molar-refractivity contribution in [3.8, 4) is 11.5 Å². The van der Waals surface area contributed by atoms with Gasteiger partial charge in [-0.15, -0.1) is 0 Å². The van der Waals surface area contributed by atoms with Gasteiger partial charge in [-0.05, 0) is 25.0 Å². The van der Waals surface area contributed by atoms with Gasteiger partial charge in [-0.3, -0.25) is 4.79 Å². The van der Waals surface area contributed by atoms with Crippen LogP contribution in [-0.4, -0.2) is 36.4 Å². The molecule has 0 aliphatic heterocycles. The van der Waals surface area contributed by atoms with Crippen LogP contribution in [0.2, 0.25) is 0 Å². The molecule has 6 heteroatoms. The Morgan fingerprint density at radius 1 is 1.25 bits per heavy atom. The maximum atomic E-state index is 11.6. The molecular weight excluding hydrogens is 264 g/mol. The molecule has 0 spiro atoms. The Morgan fingerprint density at radius 2 is 1.90 bits per heavy atom. The minimum Gasteiger partial charge on any atom is -0.504 e. The average Bonchev–Trinajstić information content (AvgIpc) is 2.38. The SMILES string of the molecule is COC(=O)c1cc(OC)c(O)c(C2(C(=O)O)CCC2)c1. The largest absolute Gasteiger partial charge is 0.504 e. The number of carbonyl (C=O) groups is 2. The van der Waals surface area contributed by atoms with Crippen LogP contribution >= 0.6 is 0 Å². The first kappa shape index (κ1) is 14.2. The molecule has 0 unspecified atom stereocenters. The molecular formula is C14H16O6. The van der Waals surface area contributed by atoms with Gasteiger partial charge in [-0.1, -0.05) is 6.42 Å². The van der Waals surface area contributed by atoms with Gasteiger partial charge in [-0.2, -0.15) is 0 Å². The summed E-state index contributed by atoms with van der Waals surface area (Å²) >= 11 is 0. The van der Waals surface area contributed by atoms with E-state index in [9.17, 15) is 19.8 Å². The minimum absolute atomic E-state index is 0.0652. The van der Waals surface area contributed by atoms with Crippen LogP contribution in [0.4, 0.5) is 0 Å². The normalized spacial score (nSPS) is 16.1. The van der Waals surface area contributed by atoms with Gasteiger partial charge in [0.05, 0.1) is 25.2 Å². The molecule has 0 amide bonds. The standard InChI is InChI=1S/C14H16O6/c1-19-10-7-8(12(16)20-2)6-9(11(10)15)14(13(17)18)4-3-5-14/h6-7,15H,3-5H2,1-2H3,(H,17,18). The number of benzene rings is 1. The van der Waals surface area contributed by atoms with Crippen LogP contribution in [0, 0.1) is 0 Å². The number of methoxy groups -OCH3 is 2. The second-order valence-electron chi connectivity index (χ2n) is 4.81. The zero-order chi connectivity index (χ0) is 14.9. The molecule has 1 fully saturated rings. The lowest BCUT2D eigenvalue weighted by molar-refractivity contribution is -0.147. The molecule has 1 aromatic rings. The molecule has 0 atom stereocenters. The molecule has 2 rings (SSSR count). The summed E-state index contributed by atoms with van der Waals surface area (Å²) in [5.74, 6) is -1.79. The Kier molecular flexibility index (Phi) is 3.57. The molecule has 20 heavy (non-hydrogen) atoms. The molecule has 108 valence electrons. The maximum Gasteiger partial charge on any atom is 0.337 e. The van der Waals surface area contributed by atoms with Crippen molar-refractivity contribution in [2.45, 2.75) is 24.7 Å². The van der Waals surface area contributed by atoms with Crippen LogP contribution in [0.15, 0.2) is 12.1 Å². The summed E-state index contributed by atoms with van der Waals surface area (Å²) in [6.45, 7) is 0. The first-order valence-corrected chi connectivity index (χ1v) is 6.19. The van der Waals surface area contributed by atoms with E-state index in [2.05, 4.69) is 4.74 Å². The summed E-state index contributed by atoms with van der Waals surface area (Å²) in [4.78, 5) is 23.2. The molecule has 0 aromatic heterocycles. The number of carboxylic acids is 1. The number of ether oxygens (including phenoxy) is 2. The van der Waals surface area contributed by atoms with Crippen LogP contribution in [0.25, 0.3) is 0 Å². The Hall–Kier alpha value is -2.24. The topological polar surface area (TPSA) is 93.1 Å². The van der Waals surface area contributed by atoms with Gasteiger partial charge in [0.25, 0.3) is 0 Å². The van der Waals surface area contributed by atoms with E-state index < -0.39 is 17.4 Å². The highest BCUT2D eigenvalue weighted by Crippen LogP contribution is 2.49. The highest BCUT2D eigenvalue weighted by atomic mass is 16.5. The van der Waals surface area contributed by atoms with Gasteiger partial charge in [-0.25, -0.2) is 4.79 Å². The van der Waals surface area contributed by atoms with Gasteiger partial charge in [0.2, 0.25) is 0 Å². The van der Waals surface area contributed by atoms with E-state index in [1.54, 1.807) is 0 Å². The zero-order valence-corrected chi connectivity index (χ0v) is 11.3. The van der Waals surface area contributed by atoms with E-state index in [0.29, 0.717) is 12.8 Å². The van der Waals surface area contributed by atoms with E-state index in [4.69, 9.17) is 4.74 Å². The second-order valence-corrected chi connectivity index (χ2v) is 4.81. The van der Waals surface area contributed by atoms with Gasteiger partial charge >= 0.3 is 11.9 Å². The molecule has 0 radical (unpaired) electrons. The number of esters is 1. The van der Waals surface area contributed by atoms with E-state index in [-0.39, 0.29) is 22.6 Å². The van der Waals surface area contributed by atoms with Crippen molar-refractivity contribution >= 4 is 11.9 Å². The number of hydrogen-bond acceptors (Lipinski definition) is 5. The van der Waals surface area contributed by atoms with Gasteiger partial charge in [0.15, 0.2) is 11.5 Å². The van der Waals surface area contributed by atoms with Crippen LogP contribution in [0.1, 0.15) is 35.2 Å². The van der Waals surface area contributed by atoms with Crippen molar-refractivity contribution in [3.05, 3.63) is 23.3 Å². The smallest absolute Gasteiger partial charge is 0.337 e. The van der Waals surface area contributed by atoms with E-state index in [1.807, 2.05) is 0 Å². The predicted octanol–water partition coefficient (Wildman–Crippen LogP) is 1.69. The van der Waals surface area contributed by atoms with Gasteiger partial charge in [0.1, 0.15) is 0 Å². The number of carbonyl (C=O) groups excluding carboxylic acids is 1. The first-order valence-electron chi connectivity index (χ1n) is 6.19. The Morgan fingerprint density at radius 3 is 2.30 bits per heavy atom. The lowest BCUT2D eigenvalue weighted by atomic mass is 9.64. The average molecular weight is 280 g/mol. The highest BCUT2D eigenvalue weighted by Gasteiger charge is 2.48. The molecule has 2 N–H and O–H groups in total.